The third-order valence-corrected chi connectivity index (χ3v) is 20.4. The summed E-state index contributed by atoms with van der Waals surface area (Å²) in [5.74, 6) is -1.97. The summed E-state index contributed by atoms with van der Waals surface area (Å²) in [5.41, 5.74) is 0. The van der Waals surface area contributed by atoms with E-state index in [1.165, 1.54) is 167 Å². The number of unbranched alkanes of at least 4 members (excludes halogenated alkanes) is 40. The van der Waals surface area contributed by atoms with Gasteiger partial charge >= 0.3 is 25.7 Å². The molecule has 98 heavy (non-hydrogen) atoms. The lowest BCUT2D eigenvalue weighted by Crippen LogP contribution is -2.69. The largest absolute Gasteiger partial charge is 0.472 e. The lowest BCUT2D eigenvalue weighted by molar-refractivity contribution is -0.360. The van der Waals surface area contributed by atoms with Crippen LogP contribution in [0.4, 0.5) is 0 Å². The fraction of sp³-hybridized carbons (Fsp3) is 0.959. The minimum absolute atomic E-state index is 0.0331. The Kier molecular flexibility index (Phi) is 51.0. The van der Waals surface area contributed by atoms with Crippen molar-refractivity contribution in [3.05, 3.63) is 0 Å². The topological polar surface area (TPSA) is 374 Å². The highest BCUT2D eigenvalue weighted by atomic mass is 31.2. The summed E-state index contributed by atoms with van der Waals surface area (Å²) >= 11 is 0. The van der Waals surface area contributed by atoms with Crippen molar-refractivity contribution in [3.8, 4) is 0 Å². The lowest BCUT2D eigenvalue weighted by atomic mass is 9.84. The fourth-order valence-corrected chi connectivity index (χ4v) is 14.0. The number of rotatable bonds is 61. The van der Waals surface area contributed by atoms with E-state index in [9.17, 15) is 74.9 Å². The Balaban J connectivity index is 1.72. The van der Waals surface area contributed by atoms with E-state index < -0.39 is 156 Å². The van der Waals surface area contributed by atoms with Crippen LogP contribution in [0.25, 0.3) is 0 Å². The van der Waals surface area contributed by atoms with Crippen molar-refractivity contribution in [1.29, 1.82) is 0 Å². The van der Waals surface area contributed by atoms with E-state index in [4.69, 9.17) is 42.2 Å². The molecule has 0 radical (unpaired) electrons. The Morgan fingerprint density at radius 2 is 0.653 bits per heavy atom. The van der Waals surface area contributed by atoms with Crippen LogP contribution < -0.4 is 0 Å². The molecule has 18 atom stereocenters. The summed E-state index contributed by atoms with van der Waals surface area (Å²) in [5, 5.41) is 110. The van der Waals surface area contributed by atoms with E-state index in [-0.39, 0.29) is 19.3 Å². The van der Waals surface area contributed by atoms with E-state index in [1.807, 2.05) is 0 Å². The van der Waals surface area contributed by atoms with Crippen LogP contribution in [0.3, 0.4) is 0 Å². The first kappa shape index (κ1) is 90.2. The predicted molar refractivity (Wildman–Crippen MR) is 370 cm³/mol. The number of ether oxygens (including phenoxy) is 7. The molecule has 3 fully saturated rings. The lowest BCUT2D eigenvalue weighted by Gasteiger charge is -2.49. The van der Waals surface area contributed by atoms with Crippen LogP contribution in [-0.2, 0) is 61.2 Å². The molecule has 0 aromatic carbocycles. The van der Waals surface area contributed by atoms with Crippen molar-refractivity contribution in [3.63, 3.8) is 0 Å². The molecule has 3 rings (SSSR count). The van der Waals surface area contributed by atoms with Gasteiger partial charge in [0.1, 0.15) is 98.7 Å². The van der Waals surface area contributed by atoms with E-state index in [0.29, 0.717) is 19.3 Å². The maximum atomic E-state index is 14.3. The van der Waals surface area contributed by atoms with Gasteiger partial charge in [-0.25, -0.2) is 4.57 Å². The van der Waals surface area contributed by atoms with Crippen molar-refractivity contribution in [2.45, 2.75) is 420 Å². The van der Waals surface area contributed by atoms with Gasteiger partial charge in [0.05, 0.1) is 13.2 Å². The van der Waals surface area contributed by atoms with Crippen LogP contribution in [0.5, 0.6) is 0 Å². The molecule has 0 bridgehead atoms. The first-order chi connectivity index (χ1) is 47.3. The van der Waals surface area contributed by atoms with Crippen molar-refractivity contribution in [2.24, 2.45) is 0 Å². The Morgan fingerprint density at radius 1 is 0.357 bits per heavy atom. The van der Waals surface area contributed by atoms with Crippen LogP contribution in [0.2, 0.25) is 0 Å². The third kappa shape index (κ3) is 38.1. The smallest absolute Gasteiger partial charge is 0.463 e. The molecule has 18 unspecified atom stereocenters. The van der Waals surface area contributed by atoms with Crippen LogP contribution >= 0.6 is 7.82 Å². The highest BCUT2D eigenvalue weighted by Crippen LogP contribution is 2.49. The number of aliphatic hydroxyl groups excluding tert-OH is 10. The summed E-state index contributed by atoms with van der Waals surface area (Å²) in [6, 6.07) is 0. The van der Waals surface area contributed by atoms with Gasteiger partial charge in [-0.3, -0.25) is 23.4 Å². The molecule has 1 saturated carbocycles. The van der Waals surface area contributed by atoms with Gasteiger partial charge in [-0.2, -0.15) is 0 Å². The maximum Gasteiger partial charge on any atom is 0.472 e. The van der Waals surface area contributed by atoms with Crippen molar-refractivity contribution < 1.29 is 117 Å². The van der Waals surface area contributed by atoms with E-state index >= 15 is 0 Å². The van der Waals surface area contributed by atoms with E-state index in [2.05, 4.69) is 20.8 Å². The van der Waals surface area contributed by atoms with E-state index in [1.54, 1.807) is 0 Å². The van der Waals surface area contributed by atoms with Gasteiger partial charge in [-0.1, -0.05) is 278 Å². The molecular weight excluding hydrogens is 1290 g/mol. The Morgan fingerprint density at radius 3 is 1.00 bits per heavy atom. The Bertz CT molecular complexity index is 2030. The van der Waals surface area contributed by atoms with Gasteiger partial charge in [0, 0.05) is 19.3 Å². The minimum atomic E-state index is -5.69. The number of carbonyl (C=O) groups is 3. The molecule has 11 N–H and O–H groups in total. The number of hydrogen-bond acceptors (Lipinski definition) is 23. The standard InChI is InChI=1S/C73H137O24P/c1-4-7-10-13-16-19-22-25-28-31-33-36-39-42-45-48-58(76)90-53-56-61(79)63(81)68(86)73(94-56)96-70-66(84)64(82)65(83)69(95-72-67(85)62(80)60(78)55(50-74)93-72)71(70)97-98(87,88)91-52-54(92-59(77)49-46-43-40-37-34-30-27-24-21-18-15-12-9-6-3)51-89-57(75)47-44-41-38-35-32-29-26-23-20-17-14-11-8-5-2/h54-56,60-74,78-86H,4-53H2,1-3H3,(H,87,88). The Labute approximate surface area is 587 Å². The van der Waals surface area contributed by atoms with Crippen molar-refractivity contribution >= 4 is 25.7 Å². The van der Waals surface area contributed by atoms with Crippen LogP contribution in [0.15, 0.2) is 0 Å². The van der Waals surface area contributed by atoms with Gasteiger partial charge in [-0.05, 0) is 19.3 Å². The number of carbonyl (C=O) groups excluding carboxylic acids is 3. The molecule has 0 aromatic heterocycles. The van der Waals surface area contributed by atoms with Crippen LogP contribution in [0, 0.1) is 0 Å². The molecule has 3 aliphatic rings. The number of phosphoric acid groups is 1. The average molecular weight is 1430 g/mol. The summed E-state index contributed by atoms with van der Waals surface area (Å²) in [4.78, 5) is 51.0. The first-order valence-electron chi connectivity index (χ1n) is 38.8. The predicted octanol–water partition coefficient (Wildman–Crippen LogP) is 11.0. The molecule has 0 aromatic rings. The molecule has 578 valence electrons. The van der Waals surface area contributed by atoms with E-state index in [0.717, 1.165) is 89.9 Å². The van der Waals surface area contributed by atoms with Crippen LogP contribution in [-0.4, -0.2) is 204 Å². The van der Waals surface area contributed by atoms with Crippen molar-refractivity contribution in [2.75, 3.05) is 26.4 Å². The summed E-state index contributed by atoms with van der Waals surface area (Å²) in [6.45, 7) is 3.48. The monoisotopic (exact) mass is 1430 g/mol. The average Bonchev–Trinajstić information content (AvgIpc) is 0.718. The molecule has 0 spiro atoms. The highest BCUT2D eigenvalue weighted by Gasteiger charge is 2.58. The summed E-state index contributed by atoms with van der Waals surface area (Å²) < 4.78 is 65.1. The molecular formula is C73H137O24P. The number of hydrogen-bond donors (Lipinski definition) is 11. The molecule has 1 aliphatic carbocycles. The number of phosphoric ester groups is 1. The quantitative estimate of drug-likeness (QED) is 0.0117. The molecule has 2 aliphatic heterocycles. The molecule has 0 amide bonds. The Hall–Kier alpha value is -2.04. The first-order valence-corrected chi connectivity index (χ1v) is 40.3. The van der Waals surface area contributed by atoms with Gasteiger partial charge in [0.25, 0.3) is 0 Å². The minimum Gasteiger partial charge on any atom is -0.463 e. The zero-order valence-corrected chi connectivity index (χ0v) is 61.2. The second kappa shape index (κ2) is 55.4. The second-order valence-corrected chi connectivity index (χ2v) is 29.5. The second-order valence-electron chi connectivity index (χ2n) is 28.1. The normalized spacial score (nSPS) is 27.6. The summed E-state index contributed by atoms with van der Waals surface area (Å²) in [7, 11) is -5.69. The van der Waals surface area contributed by atoms with Gasteiger partial charge in [-0.15, -0.1) is 0 Å². The zero-order valence-electron chi connectivity index (χ0n) is 60.3. The number of aliphatic hydroxyl groups is 10. The SMILES string of the molecule is CCCCCCCCCCCCCCCCCC(=O)OCC1OC(OC2C(O)C(O)C(O)C(OC3OC(CO)C(O)C(O)C3O)C2OP(=O)(O)OCC(COC(=O)CCCCCCCCCCCCCCCC)OC(=O)CCCCCCCCCCCCCCCC)C(O)C(O)C1O. The molecule has 24 nitrogen and oxygen atoms in total. The molecule has 2 heterocycles. The van der Waals surface area contributed by atoms with Gasteiger partial charge in [0.2, 0.25) is 0 Å². The highest BCUT2D eigenvalue weighted by molar-refractivity contribution is 7.47. The molecule has 2 saturated heterocycles. The zero-order chi connectivity index (χ0) is 71.8. The van der Waals surface area contributed by atoms with Gasteiger partial charge in [0.15, 0.2) is 18.7 Å². The molecule has 25 heteroatoms. The van der Waals surface area contributed by atoms with Crippen molar-refractivity contribution in [1.82, 2.24) is 0 Å². The van der Waals surface area contributed by atoms with Gasteiger partial charge < -0.3 is 89.1 Å². The third-order valence-electron chi connectivity index (χ3n) is 19.4. The van der Waals surface area contributed by atoms with Crippen LogP contribution in [0.1, 0.15) is 316 Å². The number of esters is 3. The summed E-state index contributed by atoms with van der Waals surface area (Å²) in [6.07, 6.45) is 13.0. The fourth-order valence-electron chi connectivity index (χ4n) is 13.1. The maximum absolute atomic E-state index is 14.3.